The highest BCUT2D eigenvalue weighted by Crippen LogP contribution is 2.13. The monoisotopic (exact) mass is 375 g/mol. The van der Waals surface area contributed by atoms with Gasteiger partial charge in [0, 0.05) is 21.2 Å². The number of carboxylic acids is 1. The van der Waals surface area contributed by atoms with Gasteiger partial charge in [-0.2, -0.15) is 13.2 Å². The van der Waals surface area contributed by atoms with E-state index in [1.54, 1.807) is 0 Å². The fourth-order valence-electron chi connectivity index (χ4n) is 0.927. The second-order valence-electron chi connectivity index (χ2n) is 5.74. The highest BCUT2D eigenvalue weighted by Gasteiger charge is 2.38. The van der Waals surface area contributed by atoms with E-state index in [2.05, 4.69) is 30.3 Å². The molecule has 2 amide bonds. The molecular weight excluding hydrogens is 351 g/mol. The molecule has 24 heavy (non-hydrogen) atoms. The number of rotatable bonds is 7. The lowest BCUT2D eigenvalue weighted by Crippen LogP contribution is -2.39. The topological polar surface area (TPSA) is 131 Å². The van der Waals surface area contributed by atoms with Crippen LogP contribution in [0.15, 0.2) is 0 Å². The summed E-state index contributed by atoms with van der Waals surface area (Å²) >= 11 is 0. The number of amides is 2. The number of carbonyl (C=O) groups excluding carboxylic acids is 2. The predicted molar refractivity (Wildman–Crippen MR) is 83.3 cm³/mol. The molecule has 0 radical (unpaired) electrons. The van der Waals surface area contributed by atoms with Gasteiger partial charge in [-0.15, -0.1) is 0 Å². The Hall–Kier alpha value is -1.82. The van der Waals surface area contributed by atoms with Crippen LogP contribution >= 0.6 is 0 Å². The van der Waals surface area contributed by atoms with Gasteiger partial charge in [0.2, 0.25) is 5.91 Å². The molecule has 0 fully saturated rings. The minimum absolute atomic E-state index is 0.0776. The minimum Gasteiger partial charge on any atom is -0.475 e. The molecule has 0 aromatic heterocycles. The van der Waals surface area contributed by atoms with E-state index in [9.17, 15) is 22.8 Å². The van der Waals surface area contributed by atoms with Crippen molar-refractivity contribution < 1.29 is 37.4 Å². The Morgan fingerprint density at radius 3 is 2.04 bits per heavy atom. The van der Waals surface area contributed by atoms with E-state index in [-0.39, 0.29) is 12.5 Å². The maximum Gasteiger partial charge on any atom is 0.490 e. The Kier molecular flexibility index (Phi) is 11.9. The fraction of sp³-hybridized carbons (Fsp3) is 0.750. The van der Waals surface area contributed by atoms with Crippen molar-refractivity contribution in [2.45, 2.75) is 31.9 Å². The predicted octanol–water partition coefficient (Wildman–Crippen LogP) is 0.759. The van der Waals surface area contributed by atoms with Crippen LogP contribution in [0.3, 0.4) is 0 Å². The third-order valence-corrected chi connectivity index (χ3v) is 3.89. The standard InChI is InChI=1S/C10H23N3O3Si.C2HF3O2/c1-17(2,3)7-6-16-10(15)13-8-9(14)12-5-4-11;3-2(4,5)1(6)7/h4-8,11H2,1-3H3,(H,12,14)(H,13,15);(H,6,7). The van der Waals surface area contributed by atoms with Gasteiger partial charge in [-0.25, -0.2) is 9.59 Å². The van der Waals surface area contributed by atoms with Crippen LogP contribution in [0.4, 0.5) is 18.0 Å². The quantitative estimate of drug-likeness (QED) is 0.486. The van der Waals surface area contributed by atoms with Crippen molar-refractivity contribution in [3.05, 3.63) is 0 Å². The molecule has 0 aromatic carbocycles. The van der Waals surface area contributed by atoms with Crippen molar-refractivity contribution in [2.75, 3.05) is 26.2 Å². The van der Waals surface area contributed by atoms with Crippen LogP contribution < -0.4 is 16.4 Å². The Morgan fingerprint density at radius 1 is 1.17 bits per heavy atom. The summed E-state index contributed by atoms with van der Waals surface area (Å²) in [4.78, 5) is 31.2. The summed E-state index contributed by atoms with van der Waals surface area (Å²) in [7, 11) is -1.18. The van der Waals surface area contributed by atoms with Crippen molar-refractivity contribution in [1.29, 1.82) is 0 Å². The van der Waals surface area contributed by atoms with Gasteiger partial charge in [0.05, 0.1) is 13.2 Å². The number of aliphatic carboxylic acids is 1. The van der Waals surface area contributed by atoms with Gasteiger partial charge in [0.15, 0.2) is 0 Å². The molecule has 8 nitrogen and oxygen atoms in total. The summed E-state index contributed by atoms with van der Waals surface area (Å²) < 4.78 is 36.7. The van der Waals surface area contributed by atoms with Crippen LogP contribution in [0, 0.1) is 0 Å². The molecule has 0 spiro atoms. The van der Waals surface area contributed by atoms with Crippen molar-refractivity contribution in [1.82, 2.24) is 10.6 Å². The van der Waals surface area contributed by atoms with Crippen LogP contribution in [0.1, 0.15) is 0 Å². The number of carbonyl (C=O) groups is 3. The first kappa shape index (κ1) is 24.4. The molecule has 0 aliphatic heterocycles. The van der Waals surface area contributed by atoms with Gasteiger partial charge in [-0.05, 0) is 6.04 Å². The number of ether oxygens (including phenoxy) is 1. The molecule has 12 heteroatoms. The van der Waals surface area contributed by atoms with Gasteiger partial charge in [-0.1, -0.05) is 19.6 Å². The Balaban J connectivity index is 0. The zero-order valence-corrected chi connectivity index (χ0v) is 14.8. The summed E-state index contributed by atoms with van der Waals surface area (Å²) in [5.41, 5.74) is 5.22. The zero-order valence-electron chi connectivity index (χ0n) is 13.8. The molecule has 0 aliphatic carbocycles. The normalized spacial score (nSPS) is 11.0. The third-order valence-electron chi connectivity index (χ3n) is 2.19. The number of alkyl halides is 3. The van der Waals surface area contributed by atoms with E-state index in [0.717, 1.165) is 6.04 Å². The average molecular weight is 375 g/mol. The number of nitrogens with two attached hydrogens (primary N) is 1. The summed E-state index contributed by atoms with van der Waals surface area (Å²) in [6, 6.07) is 0.916. The van der Waals surface area contributed by atoms with Gasteiger partial charge in [0.25, 0.3) is 0 Å². The van der Waals surface area contributed by atoms with Crippen LogP contribution in [0.5, 0.6) is 0 Å². The minimum atomic E-state index is -5.08. The molecule has 0 atom stereocenters. The largest absolute Gasteiger partial charge is 0.490 e. The fourth-order valence-corrected chi connectivity index (χ4v) is 1.64. The molecule has 5 N–H and O–H groups in total. The lowest BCUT2D eigenvalue weighted by molar-refractivity contribution is -0.192. The Labute approximate surface area is 138 Å². The molecule has 0 aromatic rings. The van der Waals surface area contributed by atoms with E-state index >= 15 is 0 Å². The van der Waals surface area contributed by atoms with E-state index < -0.39 is 26.3 Å². The number of alkyl carbamates (subject to hydrolysis) is 1. The van der Waals surface area contributed by atoms with Gasteiger partial charge in [0.1, 0.15) is 0 Å². The Bertz CT molecular complexity index is 414. The van der Waals surface area contributed by atoms with Crippen LogP contribution in [-0.4, -0.2) is 63.6 Å². The molecule has 142 valence electrons. The third kappa shape index (κ3) is 18.2. The molecule has 0 saturated heterocycles. The lowest BCUT2D eigenvalue weighted by atomic mass is 10.5. The first-order valence-electron chi connectivity index (χ1n) is 6.97. The van der Waals surface area contributed by atoms with Crippen LogP contribution in [0.2, 0.25) is 25.7 Å². The molecule has 0 unspecified atom stereocenters. The summed E-state index contributed by atoms with van der Waals surface area (Å²) in [6.45, 7) is 7.73. The highest BCUT2D eigenvalue weighted by molar-refractivity contribution is 6.76. The van der Waals surface area contributed by atoms with Crippen molar-refractivity contribution >= 4 is 26.0 Å². The van der Waals surface area contributed by atoms with E-state index in [0.29, 0.717) is 19.7 Å². The molecule has 0 aliphatic rings. The number of nitrogens with one attached hydrogen (secondary N) is 2. The maximum absolute atomic E-state index is 11.2. The smallest absolute Gasteiger partial charge is 0.475 e. The summed E-state index contributed by atoms with van der Waals surface area (Å²) in [5, 5.41) is 12.0. The average Bonchev–Trinajstić information content (AvgIpc) is 2.41. The second-order valence-corrected chi connectivity index (χ2v) is 11.4. The molecular formula is C12H24F3N3O5Si. The first-order chi connectivity index (χ1) is 10.8. The van der Waals surface area contributed by atoms with E-state index in [1.807, 2.05) is 0 Å². The lowest BCUT2D eigenvalue weighted by Gasteiger charge is -2.15. The molecule has 0 heterocycles. The van der Waals surface area contributed by atoms with Gasteiger partial charge < -0.3 is 26.2 Å². The Morgan fingerprint density at radius 2 is 1.67 bits per heavy atom. The first-order valence-corrected chi connectivity index (χ1v) is 10.7. The number of hydrogen-bond acceptors (Lipinski definition) is 5. The maximum atomic E-state index is 11.2. The highest BCUT2D eigenvalue weighted by atomic mass is 28.3. The van der Waals surface area contributed by atoms with Crippen molar-refractivity contribution in [2.24, 2.45) is 5.73 Å². The summed E-state index contributed by atoms with van der Waals surface area (Å²) in [6.07, 6.45) is -5.63. The van der Waals surface area contributed by atoms with Crippen LogP contribution in [-0.2, 0) is 14.3 Å². The van der Waals surface area contributed by atoms with Crippen molar-refractivity contribution in [3.63, 3.8) is 0 Å². The van der Waals surface area contributed by atoms with Gasteiger partial charge in [-0.3, -0.25) is 4.79 Å². The number of hydrogen-bond donors (Lipinski definition) is 4. The number of carboxylic acid groups (broad SMARTS) is 1. The van der Waals surface area contributed by atoms with E-state index in [1.165, 1.54) is 0 Å². The van der Waals surface area contributed by atoms with E-state index in [4.69, 9.17) is 20.4 Å². The van der Waals surface area contributed by atoms with Gasteiger partial charge >= 0.3 is 18.2 Å². The molecule has 0 saturated carbocycles. The SMILES string of the molecule is C[Si](C)(C)CCOC(=O)NCC(=O)NCCN.O=C(O)C(F)(F)F. The summed E-state index contributed by atoms with van der Waals surface area (Å²) in [5.74, 6) is -3.02. The zero-order chi connectivity index (χ0) is 19.4. The van der Waals surface area contributed by atoms with Crippen molar-refractivity contribution in [3.8, 4) is 0 Å². The van der Waals surface area contributed by atoms with Crippen LogP contribution in [0.25, 0.3) is 0 Å². The molecule has 0 bridgehead atoms. The molecule has 0 rings (SSSR count). The second kappa shape index (κ2) is 11.7. The number of halogens is 3.